The highest BCUT2D eigenvalue weighted by Crippen LogP contribution is 2.33. The fourth-order valence-corrected chi connectivity index (χ4v) is 2.23. The van der Waals surface area contributed by atoms with E-state index in [1.54, 1.807) is 6.34 Å². The minimum Gasteiger partial charge on any atom is -0.346 e. The number of hydrogen-bond acceptors (Lipinski definition) is 2. The average molecular weight is 222 g/mol. The molecule has 2 heteroatoms. The third-order valence-electron chi connectivity index (χ3n) is 3.06. The second-order valence-corrected chi connectivity index (χ2v) is 4.33. The SMILES string of the molecule is Cc1cccc(C2N=CNc3ccccc32)c1. The Labute approximate surface area is 101 Å². The van der Waals surface area contributed by atoms with E-state index < -0.39 is 0 Å². The third kappa shape index (κ3) is 1.82. The molecule has 0 aliphatic carbocycles. The molecule has 84 valence electrons. The summed E-state index contributed by atoms with van der Waals surface area (Å²) < 4.78 is 0. The molecule has 0 saturated heterocycles. The summed E-state index contributed by atoms with van der Waals surface area (Å²) in [7, 11) is 0. The third-order valence-corrected chi connectivity index (χ3v) is 3.06. The number of anilines is 1. The first kappa shape index (κ1) is 10.1. The van der Waals surface area contributed by atoms with Gasteiger partial charge in [0.2, 0.25) is 0 Å². The zero-order chi connectivity index (χ0) is 11.7. The molecule has 0 aromatic heterocycles. The lowest BCUT2D eigenvalue weighted by Gasteiger charge is -2.21. The van der Waals surface area contributed by atoms with Crippen molar-refractivity contribution in [2.75, 3.05) is 5.32 Å². The molecule has 2 aromatic rings. The van der Waals surface area contributed by atoms with E-state index in [1.807, 2.05) is 6.07 Å². The summed E-state index contributed by atoms with van der Waals surface area (Å²) in [6, 6.07) is 17.0. The highest BCUT2D eigenvalue weighted by molar-refractivity contribution is 5.81. The van der Waals surface area contributed by atoms with Crippen molar-refractivity contribution in [3.8, 4) is 0 Å². The van der Waals surface area contributed by atoms with Gasteiger partial charge in [-0.1, -0.05) is 48.0 Å². The Bertz CT molecular complexity index is 573. The molecule has 17 heavy (non-hydrogen) atoms. The van der Waals surface area contributed by atoms with Gasteiger partial charge in [0.25, 0.3) is 0 Å². The van der Waals surface area contributed by atoms with E-state index in [1.165, 1.54) is 16.7 Å². The maximum absolute atomic E-state index is 4.55. The Morgan fingerprint density at radius 1 is 1.06 bits per heavy atom. The van der Waals surface area contributed by atoms with Crippen LogP contribution >= 0.6 is 0 Å². The van der Waals surface area contributed by atoms with Crippen LogP contribution in [0.5, 0.6) is 0 Å². The fraction of sp³-hybridized carbons (Fsp3) is 0.133. The summed E-state index contributed by atoms with van der Waals surface area (Å²) in [4.78, 5) is 4.55. The minimum absolute atomic E-state index is 0.118. The molecular formula is C15H14N2. The van der Waals surface area contributed by atoms with Gasteiger partial charge in [-0.25, -0.2) is 0 Å². The number of benzene rings is 2. The minimum atomic E-state index is 0.118. The Kier molecular flexibility index (Phi) is 2.41. The molecule has 0 amide bonds. The molecule has 1 unspecified atom stereocenters. The van der Waals surface area contributed by atoms with Crippen LogP contribution in [0, 0.1) is 6.92 Å². The van der Waals surface area contributed by atoms with Gasteiger partial charge in [-0.15, -0.1) is 0 Å². The van der Waals surface area contributed by atoms with Gasteiger partial charge < -0.3 is 5.32 Å². The van der Waals surface area contributed by atoms with E-state index in [2.05, 4.69) is 59.7 Å². The van der Waals surface area contributed by atoms with Crippen molar-refractivity contribution in [1.82, 2.24) is 0 Å². The second kappa shape index (κ2) is 4.06. The maximum atomic E-state index is 4.55. The maximum Gasteiger partial charge on any atom is 0.104 e. The van der Waals surface area contributed by atoms with Crippen LogP contribution in [0.4, 0.5) is 5.69 Å². The summed E-state index contributed by atoms with van der Waals surface area (Å²) >= 11 is 0. The first-order chi connectivity index (χ1) is 8.34. The molecule has 1 N–H and O–H groups in total. The van der Waals surface area contributed by atoms with Gasteiger partial charge in [0.05, 0.1) is 6.34 Å². The van der Waals surface area contributed by atoms with Gasteiger partial charge in [-0.05, 0) is 18.6 Å². The standard InChI is InChI=1S/C15H14N2/c1-11-5-4-6-12(9-11)15-13-7-2-3-8-14(13)16-10-17-15/h2-10,15H,1H3,(H,16,17). The molecule has 1 aliphatic heterocycles. The lowest BCUT2D eigenvalue weighted by Crippen LogP contribution is -2.11. The smallest absolute Gasteiger partial charge is 0.104 e. The largest absolute Gasteiger partial charge is 0.346 e. The van der Waals surface area contributed by atoms with Crippen LogP contribution in [0.2, 0.25) is 0 Å². The molecular weight excluding hydrogens is 208 g/mol. The molecule has 3 rings (SSSR count). The molecule has 2 aromatic carbocycles. The van der Waals surface area contributed by atoms with Gasteiger partial charge in [-0.3, -0.25) is 4.99 Å². The Hall–Kier alpha value is -2.09. The van der Waals surface area contributed by atoms with Crippen LogP contribution in [0.1, 0.15) is 22.7 Å². The lowest BCUT2D eigenvalue weighted by molar-refractivity contribution is 0.868. The molecule has 0 bridgehead atoms. The fourth-order valence-electron chi connectivity index (χ4n) is 2.23. The second-order valence-electron chi connectivity index (χ2n) is 4.33. The number of aliphatic imine (C=N–C) groups is 1. The van der Waals surface area contributed by atoms with Crippen LogP contribution in [0.3, 0.4) is 0 Å². The van der Waals surface area contributed by atoms with Crippen molar-refractivity contribution in [3.05, 3.63) is 65.2 Å². The molecule has 1 heterocycles. The van der Waals surface area contributed by atoms with Gasteiger partial charge in [0.15, 0.2) is 0 Å². The first-order valence-electron chi connectivity index (χ1n) is 5.78. The number of fused-ring (bicyclic) bond motifs is 1. The summed E-state index contributed by atoms with van der Waals surface area (Å²) in [6.45, 7) is 2.11. The van der Waals surface area contributed by atoms with E-state index in [0.29, 0.717) is 0 Å². The van der Waals surface area contributed by atoms with Crippen molar-refractivity contribution < 1.29 is 0 Å². The topological polar surface area (TPSA) is 24.4 Å². The van der Waals surface area contributed by atoms with Crippen molar-refractivity contribution in [2.45, 2.75) is 13.0 Å². The van der Waals surface area contributed by atoms with E-state index in [-0.39, 0.29) is 6.04 Å². The monoisotopic (exact) mass is 222 g/mol. The van der Waals surface area contributed by atoms with Gasteiger partial charge in [0, 0.05) is 11.3 Å². The van der Waals surface area contributed by atoms with E-state index in [9.17, 15) is 0 Å². The highest BCUT2D eigenvalue weighted by atomic mass is 15.0. The van der Waals surface area contributed by atoms with E-state index >= 15 is 0 Å². The van der Waals surface area contributed by atoms with Gasteiger partial charge in [-0.2, -0.15) is 0 Å². The summed E-state index contributed by atoms with van der Waals surface area (Å²) in [5.41, 5.74) is 4.90. The number of aryl methyl sites for hydroxylation is 1. The summed E-state index contributed by atoms with van der Waals surface area (Å²) in [5, 5.41) is 3.19. The number of nitrogens with one attached hydrogen (secondary N) is 1. The van der Waals surface area contributed by atoms with Crippen LogP contribution in [-0.4, -0.2) is 6.34 Å². The zero-order valence-corrected chi connectivity index (χ0v) is 9.72. The van der Waals surface area contributed by atoms with Crippen LogP contribution in [-0.2, 0) is 0 Å². The highest BCUT2D eigenvalue weighted by Gasteiger charge is 2.18. The molecule has 0 radical (unpaired) electrons. The molecule has 2 nitrogen and oxygen atoms in total. The molecule has 0 spiro atoms. The van der Waals surface area contributed by atoms with E-state index in [0.717, 1.165) is 5.69 Å². The molecule has 1 atom stereocenters. The van der Waals surface area contributed by atoms with Crippen LogP contribution in [0.15, 0.2) is 53.5 Å². The zero-order valence-electron chi connectivity index (χ0n) is 9.72. The average Bonchev–Trinajstić information content (AvgIpc) is 2.38. The number of hydrogen-bond donors (Lipinski definition) is 1. The summed E-state index contributed by atoms with van der Waals surface area (Å²) in [5.74, 6) is 0. The van der Waals surface area contributed by atoms with Gasteiger partial charge >= 0.3 is 0 Å². The quantitative estimate of drug-likeness (QED) is 0.784. The van der Waals surface area contributed by atoms with E-state index in [4.69, 9.17) is 0 Å². The number of rotatable bonds is 1. The normalized spacial score (nSPS) is 17.4. The molecule has 0 saturated carbocycles. The van der Waals surface area contributed by atoms with Crippen molar-refractivity contribution in [3.63, 3.8) is 0 Å². The Balaban J connectivity index is 2.09. The molecule has 0 fully saturated rings. The van der Waals surface area contributed by atoms with Crippen LogP contribution < -0.4 is 5.32 Å². The predicted octanol–water partition coefficient (Wildman–Crippen LogP) is 3.54. The van der Waals surface area contributed by atoms with Crippen molar-refractivity contribution >= 4 is 12.0 Å². The van der Waals surface area contributed by atoms with Crippen molar-refractivity contribution in [1.29, 1.82) is 0 Å². The van der Waals surface area contributed by atoms with Crippen LogP contribution in [0.25, 0.3) is 0 Å². The first-order valence-corrected chi connectivity index (χ1v) is 5.78. The predicted molar refractivity (Wildman–Crippen MR) is 71.6 cm³/mol. The number of nitrogens with zero attached hydrogens (tertiary/aromatic N) is 1. The van der Waals surface area contributed by atoms with Crippen molar-refractivity contribution in [2.24, 2.45) is 4.99 Å². The Morgan fingerprint density at radius 3 is 2.82 bits per heavy atom. The van der Waals surface area contributed by atoms with Gasteiger partial charge in [0.1, 0.15) is 6.04 Å². The Morgan fingerprint density at radius 2 is 1.94 bits per heavy atom. The number of para-hydroxylation sites is 1. The summed E-state index contributed by atoms with van der Waals surface area (Å²) in [6.07, 6.45) is 1.79. The lowest BCUT2D eigenvalue weighted by atomic mass is 9.96. The molecule has 1 aliphatic rings.